The van der Waals surface area contributed by atoms with E-state index in [0.717, 1.165) is 5.01 Å². The second-order valence-electron chi connectivity index (χ2n) is 3.85. The molecule has 6 nitrogen and oxygen atoms in total. The van der Waals surface area contributed by atoms with Crippen molar-refractivity contribution < 1.29 is 13.5 Å². The number of aliphatic hydroxyl groups excluding tert-OH is 1. The molecule has 0 saturated heterocycles. The molecular weight excluding hydrogens is 286 g/mol. The van der Waals surface area contributed by atoms with Crippen LogP contribution in [-0.2, 0) is 23.2 Å². The molecule has 0 aliphatic carbocycles. The lowest BCUT2D eigenvalue weighted by Gasteiger charge is -2.05. The molecule has 8 heteroatoms. The van der Waals surface area contributed by atoms with E-state index in [-0.39, 0.29) is 18.2 Å². The van der Waals surface area contributed by atoms with Crippen LogP contribution in [0.5, 0.6) is 0 Å². The molecule has 0 amide bonds. The molecule has 0 atom stereocenters. The minimum absolute atomic E-state index is 0.0725. The highest BCUT2D eigenvalue weighted by molar-refractivity contribution is 7.89. The number of sulfonamides is 1. The van der Waals surface area contributed by atoms with E-state index in [4.69, 9.17) is 5.11 Å². The minimum atomic E-state index is -3.65. The predicted octanol–water partition coefficient (Wildman–Crippen LogP) is 0.817. The van der Waals surface area contributed by atoms with Crippen LogP contribution < -0.4 is 4.72 Å². The van der Waals surface area contributed by atoms with Gasteiger partial charge < -0.3 is 5.11 Å². The summed E-state index contributed by atoms with van der Waals surface area (Å²) < 4.78 is 26.3. The normalized spacial score (nSPS) is 11.7. The largest absolute Gasteiger partial charge is 0.392 e. The fraction of sp³-hybridized carbons (Fsp3) is 0.273. The van der Waals surface area contributed by atoms with Gasteiger partial charge in [0.05, 0.1) is 23.9 Å². The fourth-order valence-electron chi connectivity index (χ4n) is 1.40. The van der Waals surface area contributed by atoms with Crippen molar-refractivity contribution >= 4 is 21.4 Å². The molecule has 0 fully saturated rings. The highest BCUT2D eigenvalue weighted by Crippen LogP contribution is 2.10. The molecule has 102 valence electrons. The zero-order valence-electron chi connectivity index (χ0n) is 10.2. The zero-order valence-corrected chi connectivity index (χ0v) is 11.8. The first-order valence-corrected chi connectivity index (χ1v) is 7.84. The van der Waals surface area contributed by atoms with Gasteiger partial charge in [0.25, 0.3) is 10.0 Å². The SMILES string of the molecule is Cc1nc(CNS(=O)(=O)c2ccc(CO)cn2)cs1. The Hall–Kier alpha value is -1.35. The van der Waals surface area contributed by atoms with Gasteiger partial charge in [0.2, 0.25) is 0 Å². The number of thiazole rings is 1. The summed E-state index contributed by atoms with van der Waals surface area (Å²) in [5.41, 5.74) is 1.24. The number of nitrogens with zero attached hydrogens (tertiary/aromatic N) is 2. The lowest BCUT2D eigenvalue weighted by atomic mass is 10.3. The van der Waals surface area contributed by atoms with Crippen molar-refractivity contribution in [3.05, 3.63) is 40.0 Å². The van der Waals surface area contributed by atoms with Crippen molar-refractivity contribution in [1.29, 1.82) is 0 Å². The van der Waals surface area contributed by atoms with Crippen LogP contribution in [0, 0.1) is 6.92 Å². The third-order valence-electron chi connectivity index (χ3n) is 2.37. The maximum absolute atomic E-state index is 12.0. The van der Waals surface area contributed by atoms with Crippen LogP contribution in [0.2, 0.25) is 0 Å². The molecule has 0 spiro atoms. The van der Waals surface area contributed by atoms with Gasteiger partial charge in [0.1, 0.15) is 0 Å². The topological polar surface area (TPSA) is 92.2 Å². The van der Waals surface area contributed by atoms with Crippen LogP contribution in [0.3, 0.4) is 0 Å². The second-order valence-corrected chi connectivity index (χ2v) is 6.62. The second kappa shape index (κ2) is 5.74. The number of pyridine rings is 1. The van der Waals surface area contributed by atoms with Gasteiger partial charge in [-0.3, -0.25) is 0 Å². The molecule has 0 unspecified atom stereocenters. The smallest absolute Gasteiger partial charge is 0.258 e. The Morgan fingerprint density at radius 2 is 2.21 bits per heavy atom. The number of hydrogen-bond acceptors (Lipinski definition) is 6. The van der Waals surface area contributed by atoms with E-state index in [1.54, 1.807) is 5.38 Å². The lowest BCUT2D eigenvalue weighted by Crippen LogP contribution is -2.24. The molecular formula is C11H13N3O3S2. The first-order chi connectivity index (χ1) is 9.01. The summed E-state index contributed by atoms with van der Waals surface area (Å²) in [7, 11) is -3.65. The molecule has 0 bridgehead atoms. The zero-order chi connectivity index (χ0) is 13.9. The van der Waals surface area contributed by atoms with Gasteiger partial charge >= 0.3 is 0 Å². The van der Waals surface area contributed by atoms with Crippen molar-refractivity contribution in [2.75, 3.05) is 0 Å². The first kappa shape index (κ1) is 14.1. The van der Waals surface area contributed by atoms with Gasteiger partial charge in [-0.15, -0.1) is 11.3 Å². The summed E-state index contributed by atoms with van der Waals surface area (Å²) >= 11 is 1.47. The van der Waals surface area contributed by atoms with Crippen LogP contribution in [0.1, 0.15) is 16.3 Å². The minimum Gasteiger partial charge on any atom is -0.392 e. The van der Waals surface area contributed by atoms with E-state index in [1.165, 1.54) is 29.7 Å². The van der Waals surface area contributed by atoms with Crippen LogP contribution in [0.15, 0.2) is 28.7 Å². The van der Waals surface area contributed by atoms with Crippen LogP contribution in [0.25, 0.3) is 0 Å². The Morgan fingerprint density at radius 1 is 1.42 bits per heavy atom. The summed E-state index contributed by atoms with van der Waals surface area (Å²) in [4.78, 5) is 7.98. The molecule has 0 aliphatic rings. The van der Waals surface area contributed by atoms with Gasteiger partial charge in [0.15, 0.2) is 5.03 Å². The highest BCUT2D eigenvalue weighted by Gasteiger charge is 2.15. The number of aliphatic hydroxyl groups is 1. The quantitative estimate of drug-likeness (QED) is 0.852. The number of nitrogens with one attached hydrogen (secondary N) is 1. The molecule has 19 heavy (non-hydrogen) atoms. The Morgan fingerprint density at radius 3 is 2.74 bits per heavy atom. The summed E-state index contributed by atoms with van der Waals surface area (Å²) in [6.45, 7) is 1.83. The van der Waals surface area contributed by atoms with Gasteiger partial charge in [-0.1, -0.05) is 6.07 Å². The number of aryl methyl sites for hydroxylation is 1. The maximum atomic E-state index is 12.0. The molecule has 0 aliphatic heterocycles. The molecule has 2 aromatic heterocycles. The molecule has 2 rings (SSSR count). The van der Waals surface area contributed by atoms with E-state index in [9.17, 15) is 8.42 Å². The maximum Gasteiger partial charge on any atom is 0.258 e. The average Bonchev–Trinajstić information content (AvgIpc) is 2.82. The summed E-state index contributed by atoms with van der Waals surface area (Å²) in [5.74, 6) is 0. The number of aromatic nitrogens is 2. The summed E-state index contributed by atoms with van der Waals surface area (Å²) in [6, 6.07) is 2.88. The van der Waals surface area contributed by atoms with Crippen molar-refractivity contribution in [2.45, 2.75) is 25.1 Å². The number of rotatable bonds is 5. The standard InChI is InChI=1S/C11H13N3O3S2/c1-8-14-10(7-18-8)5-13-19(16,17)11-3-2-9(6-15)4-12-11/h2-4,7,13,15H,5-6H2,1H3. The van der Waals surface area contributed by atoms with E-state index >= 15 is 0 Å². The molecule has 2 aromatic rings. The van der Waals surface area contributed by atoms with Crippen molar-refractivity contribution in [2.24, 2.45) is 0 Å². The van der Waals surface area contributed by atoms with Gasteiger partial charge in [-0.05, 0) is 18.6 Å². The van der Waals surface area contributed by atoms with Crippen LogP contribution >= 0.6 is 11.3 Å². The van der Waals surface area contributed by atoms with E-state index in [2.05, 4.69) is 14.7 Å². The Labute approximate surface area is 115 Å². The Balaban J connectivity index is 2.09. The third kappa shape index (κ3) is 3.57. The molecule has 0 radical (unpaired) electrons. The van der Waals surface area contributed by atoms with Gasteiger partial charge in [-0.25, -0.2) is 23.1 Å². The van der Waals surface area contributed by atoms with E-state index in [1.807, 2.05) is 6.92 Å². The van der Waals surface area contributed by atoms with E-state index in [0.29, 0.717) is 11.3 Å². The Kier molecular flexibility index (Phi) is 4.25. The molecule has 2 heterocycles. The Bertz CT molecular complexity index is 650. The van der Waals surface area contributed by atoms with Gasteiger partial charge in [-0.2, -0.15) is 0 Å². The first-order valence-electron chi connectivity index (χ1n) is 5.48. The van der Waals surface area contributed by atoms with Crippen LogP contribution in [-0.4, -0.2) is 23.5 Å². The van der Waals surface area contributed by atoms with Crippen LogP contribution in [0.4, 0.5) is 0 Å². The summed E-state index contributed by atoms with van der Waals surface area (Å²) in [5, 5.41) is 11.5. The van der Waals surface area contributed by atoms with E-state index < -0.39 is 10.0 Å². The predicted molar refractivity (Wildman–Crippen MR) is 71.0 cm³/mol. The molecule has 0 aromatic carbocycles. The number of hydrogen-bond donors (Lipinski definition) is 2. The summed E-state index contributed by atoms with van der Waals surface area (Å²) in [6.07, 6.45) is 1.33. The lowest BCUT2D eigenvalue weighted by molar-refractivity contribution is 0.281. The van der Waals surface area contributed by atoms with Crippen molar-refractivity contribution in [3.8, 4) is 0 Å². The fourth-order valence-corrected chi connectivity index (χ4v) is 2.93. The van der Waals surface area contributed by atoms with Crippen molar-refractivity contribution in [3.63, 3.8) is 0 Å². The monoisotopic (exact) mass is 299 g/mol. The third-order valence-corrected chi connectivity index (χ3v) is 4.50. The average molecular weight is 299 g/mol. The molecule has 2 N–H and O–H groups in total. The molecule has 0 saturated carbocycles. The van der Waals surface area contributed by atoms with Crippen molar-refractivity contribution in [1.82, 2.24) is 14.7 Å². The van der Waals surface area contributed by atoms with Gasteiger partial charge in [0, 0.05) is 11.6 Å². The highest BCUT2D eigenvalue weighted by atomic mass is 32.2.